The van der Waals surface area contributed by atoms with E-state index in [0.29, 0.717) is 33.4 Å². The molecule has 20 aromatic rings. The zero-order valence-corrected chi connectivity index (χ0v) is 73.0. The minimum atomic E-state index is -1.04. The summed E-state index contributed by atoms with van der Waals surface area (Å²) in [6.45, 7) is 0. The SMILES string of the molecule is Brc1cnc2c(ccc3cc(Br)cnc32)c1.C.COC(=O)c1ccc(-c2cnc3c(ccc4cc(-c5ccc(C(=O)OC)cc5)cnc43)c2)cc1.O=C(O)c1ccc(-c2ccc(-c3ccc(-c4ccc(C(=O)O)cc4)cc3[N+](=O)[O-])cc2)cc1.O=C(O)c1ccc(-c2cnc3c(ccc4cc(-c5ccc(C(=O)O)cc5)cnc43)c2)cc1.[3H]P.c1cnc2c(c1)ccc1cccnc12. The van der Waals surface area contributed by atoms with Crippen LogP contribution >= 0.6 is 41.7 Å². The van der Waals surface area contributed by atoms with Crippen molar-refractivity contribution in [1.82, 2.24) is 39.9 Å². The molecule has 0 aliphatic rings. The molecule has 8 aromatic heterocycles. The van der Waals surface area contributed by atoms with Gasteiger partial charge in [0.2, 0.25) is 0 Å². The third-order valence-electron chi connectivity index (χ3n) is 21.3. The number of methoxy groups -OCH3 is 2. The van der Waals surface area contributed by atoms with Gasteiger partial charge in [0.05, 0.1) is 103 Å². The Balaban J connectivity index is 0.000000136. The van der Waals surface area contributed by atoms with Gasteiger partial charge in [-0.05, 0) is 209 Å². The van der Waals surface area contributed by atoms with E-state index in [1.54, 1.807) is 168 Å². The van der Waals surface area contributed by atoms with Crippen LogP contribution in [0.15, 0.2) is 356 Å². The number of nitrogens with zero attached hydrogens (tertiary/aromatic N) is 9. The predicted molar refractivity (Wildman–Crippen MR) is 523 cm³/mol. The molecule has 4 N–H and O–H groups in total. The van der Waals surface area contributed by atoms with Gasteiger partial charge in [-0.15, -0.1) is 0 Å². The minimum Gasteiger partial charge on any atom is -0.478 e. The van der Waals surface area contributed by atoms with E-state index in [2.05, 4.69) is 110 Å². The van der Waals surface area contributed by atoms with E-state index in [9.17, 15) is 38.9 Å². The summed E-state index contributed by atoms with van der Waals surface area (Å²) in [7, 11) is 4.40. The van der Waals surface area contributed by atoms with Crippen molar-refractivity contribution in [3.05, 3.63) is 399 Å². The number of ether oxygens (including phenoxy) is 2. The van der Waals surface area contributed by atoms with Crippen molar-refractivity contribution in [3.63, 3.8) is 0 Å². The van der Waals surface area contributed by atoms with E-state index in [0.717, 1.165) is 152 Å². The summed E-state index contributed by atoms with van der Waals surface area (Å²) in [5.41, 5.74) is 20.3. The van der Waals surface area contributed by atoms with E-state index >= 15 is 0 Å². The van der Waals surface area contributed by atoms with Gasteiger partial charge in [0.15, 0.2) is 0 Å². The molecule has 0 aliphatic carbocycles. The predicted octanol–water partition coefficient (Wildman–Crippen LogP) is 25.0. The molecule has 0 fully saturated rings. The van der Waals surface area contributed by atoms with Crippen molar-refractivity contribution in [3.8, 4) is 77.9 Å². The van der Waals surface area contributed by atoms with Crippen LogP contribution in [0.4, 0.5) is 5.69 Å². The average Bonchev–Trinajstić information content (AvgIpc) is 0.770. The second-order valence-corrected chi connectivity index (χ2v) is 31.1. The van der Waals surface area contributed by atoms with Crippen molar-refractivity contribution >= 4 is 170 Å². The Morgan fingerprint density at radius 1 is 0.290 bits per heavy atom. The Kier molecular flexibility index (Phi) is 27.6. The second kappa shape index (κ2) is 40.4. The van der Waals surface area contributed by atoms with Gasteiger partial charge in [0.1, 0.15) is 0 Å². The third kappa shape index (κ3) is 20.5. The van der Waals surface area contributed by atoms with Crippen LogP contribution in [0.1, 0.15) is 69.6 Å². The quantitative estimate of drug-likeness (QED) is 0.0258. The number of halogens is 2. The summed E-state index contributed by atoms with van der Waals surface area (Å²) in [6.07, 6.45) is 14.4. The Morgan fingerprint density at radius 2 is 0.519 bits per heavy atom. The number of aromatic carboxylic acids is 4. The van der Waals surface area contributed by atoms with E-state index < -0.39 is 28.8 Å². The fourth-order valence-electron chi connectivity index (χ4n) is 14.6. The highest BCUT2D eigenvalue weighted by Gasteiger charge is 2.20. The van der Waals surface area contributed by atoms with Crippen LogP contribution in [0.25, 0.3) is 165 Å². The highest BCUT2D eigenvalue weighted by atomic mass is 79.9. The number of carboxylic acids is 4. The fraction of sp³-hybridized carbons (Fsp3) is 0.0286. The lowest BCUT2D eigenvalue weighted by Crippen LogP contribution is -2.00. The zero-order chi connectivity index (χ0) is 91.9. The summed E-state index contributed by atoms with van der Waals surface area (Å²) < 4.78 is 17.2. The molecule has 26 heteroatoms. The number of pyridine rings is 8. The molecular formula is C105H74Br2N9O14P. The number of benzene rings is 12. The van der Waals surface area contributed by atoms with Crippen molar-refractivity contribution in [2.45, 2.75) is 7.43 Å². The molecule has 0 saturated carbocycles. The number of nitro benzene ring substituents is 1. The normalized spacial score (nSPS) is 10.7. The maximum Gasteiger partial charge on any atom is 0.337 e. The monoisotopic (exact) mass is 1880 g/mol. The summed E-state index contributed by atoms with van der Waals surface area (Å²) in [4.78, 5) is 115. The zero-order valence-electron chi connectivity index (χ0n) is 69.6. The number of rotatable bonds is 14. The van der Waals surface area contributed by atoms with E-state index in [4.69, 9.17) is 41.1 Å². The van der Waals surface area contributed by atoms with Gasteiger partial charge >= 0.3 is 35.8 Å². The molecule has 12 aromatic carbocycles. The lowest BCUT2D eigenvalue weighted by Gasteiger charge is -2.09. The van der Waals surface area contributed by atoms with Gasteiger partial charge in [-0.3, -0.25) is 50.0 Å². The number of aromatic nitrogens is 8. The lowest BCUT2D eigenvalue weighted by atomic mass is 9.96. The van der Waals surface area contributed by atoms with E-state index in [1.165, 1.54) is 44.6 Å². The second-order valence-electron chi connectivity index (χ2n) is 29.3. The maximum atomic E-state index is 11.8. The highest BCUT2D eigenvalue weighted by Crippen LogP contribution is 2.38. The highest BCUT2D eigenvalue weighted by molar-refractivity contribution is 9.10. The maximum absolute atomic E-state index is 11.8. The van der Waals surface area contributed by atoms with Crippen LogP contribution in [0.2, 0.25) is 0 Å². The van der Waals surface area contributed by atoms with Gasteiger partial charge < -0.3 is 29.9 Å². The molecule has 20 rings (SSSR count). The van der Waals surface area contributed by atoms with Gasteiger partial charge in [0, 0.05) is 130 Å². The van der Waals surface area contributed by atoms with Crippen LogP contribution < -0.4 is 0 Å². The van der Waals surface area contributed by atoms with Gasteiger partial charge in [-0.1, -0.05) is 171 Å². The number of carbonyl (C=O) groups is 6. The van der Waals surface area contributed by atoms with Crippen molar-refractivity contribution in [2.24, 2.45) is 0 Å². The van der Waals surface area contributed by atoms with Crippen LogP contribution in [0.3, 0.4) is 0 Å². The number of esters is 2. The lowest BCUT2D eigenvalue weighted by molar-refractivity contribution is -0.384. The summed E-state index contributed by atoms with van der Waals surface area (Å²) in [5.74, 6) is -4.67. The molecule has 0 spiro atoms. The largest absolute Gasteiger partial charge is 0.478 e. The molecule has 1 unspecified atom stereocenters. The van der Waals surface area contributed by atoms with Crippen LogP contribution in [0.5, 0.6) is 0 Å². The summed E-state index contributed by atoms with van der Waals surface area (Å²) >= 11 is 6.84. The van der Waals surface area contributed by atoms with Crippen LogP contribution in [-0.2, 0) is 9.47 Å². The van der Waals surface area contributed by atoms with Crippen LogP contribution in [0, 0.1) is 10.1 Å². The molecule has 1 atom stereocenters. The number of carboxylic acid groups (broad SMARTS) is 4. The first kappa shape index (κ1) is 89.4. The third-order valence-corrected chi connectivity index (χ3v) is 22.2. The molecular weight excluding hydrogens is 1800 g/mol. The smallest absolute Gasteiger partial charge is 0.337 e. The minimum absolute atomic E-state index is 0. The Hall–Kier alpha value is -16.5. The molecule has 642 valence electrons. The van der Waals surface area contributed by atoms with E-state index in [-0.39, 0.29) is 47.3 Å². The average molecular weight is 1880 g/mol. The first-order chi connectivity index (χ1) is 63.6. The summed E-state index contributed by atoms with van der Waals surface area (Å²) in [6, 6.07) is 89.2. The van der Waals surface area contributed by atoms with Crippen molar-refractivity contribution in [2.75, 3.05) is 14.2 Å². The number of fused-ring (bicyclic) bond motifs is 12. The van der Waals surface area contributed by atoms with E-state index in [1.807, 2.05) is 109 Å². The van der Waals surface area contributed by atoms with Crippen molar-refractivity contribution in [1.29, 1.82) is 1.28 Å². The molecule has 0 bridgehead atoms. The number of nitro groups is 1. The molecule has 8 heterocycles. The Labute approximate surface area is 768 Å². The first-order valence-corrected chi connectivity index (χ1v) is 41.2. The van der Waals surface area contributed by atoms with Gasteiger partial charge in [-0.25, -0.2) is 28.8 Å². The van der Waals surface area contributed by atoms with Crippen molar-refractivity contribution < 1.29 is 63.6 Å². The van der Waals surface area contributed by atoms with Gasteiger partial charge in [0.25, 0.3) is 5.69 Å². The number of hydrogen-bond donors (Lipinski definition) is 4. The summed E-state index contributed by atoms with van der Waals surface area (Å²) in [5, 5.41) is 56.3. The fourth-order valence-corrected chi connectivity index (χ4v) is 15.3. The molecule has 0 saturated heterocycles. The Morgan fingerprint density at radius 3 is 0.802 bits per heavy atom. The standard InChI is InChI=1S/C28H20N2O4.C26H16N2O4.C26H17NO6.C12H6Br2N2.C12H8N2.CH4.H3P/c1-33-27(31)19-7-3-17(4-8-19)23-13-21-11-12-22-14-24(16-30-26(22)25(21)29-15-23)18-5-9-20(10-6-18)28(32)34-2;29-25(30)17-5-1-15(2-6-17)21-11-19-9-10-20-12-22(14-28-24(20)23(19)27-13-21)16-3-7-18(8-4-16)26(31)32;28-25(29)20-9-3-17(4-10-20)16-1-7-19(8-2-16)23-14-13-22(15-24(23)27(32)33)18-5-11-21(12-6-18)26(30)31;13-9-3-7-1-2-8-4-10(14)6-16-12(8)11(7)15-5-9;1-3-9-5-6-10-4-2-8-14-12(10)11(9)13-7-1;;/h3-16H,1-2H3;1-14H,(H,29,30)(H,31,32);1-15H,(H,28,29)(H,30,31);1-6H;1-8H;1H4;1H3/i;;;;;;1T. The topological polar surface area (TPSA) is 348 Å². The van der Waals surface area contributed by atoms with Crippen LogP contribution in [-0.4, -0.2) is 117 Å². The first-order valence-electron chi connectivity index (χ1n) is 40.2. The molecule has 0 amide bonds. The molecule has 23 nitrogen and oxygen atoms in total. The number of carbonyl (C=O) groups excluding carboxylic acids is 2. The molecule has 131 heavy (non-hydrogen) atoms. The molecule has 0 radical (unpaired) electrons. The number of hydrogen-bond acceptors (Lipinski definition) is 18. The Bertz CT molecular complexity index is 7460. The van der Waals surface area contributed by atoms with Gasteiger partial charge in [-0.2, -0.15) is 9.84 Å². The molecule has 0 aliphatic heterocycles.